The van der Waals surface area contributed by atoms with Crippen LogP contribution in [0.4, 0.5) is 0 Å². The molecular formula is C33H37NO2. The minimum atomic E-state index is 0.399. The Bertz CT molecular complexity index is 1280. The molecule has 0 bridgehead atoms. The Labute approximate surface area is 215 Å². The average Bonchev–Trinajstić information content (AvgIpc) is 2.86. The molecule has 0 unspecified atom stereocenters. The quantitative estimate of drug-likeness (QED) is 0.248. The van der Waals surface area contributed by atoms with E-state index in [0.29, 0.717) is 23.3 Å². The molecule has 1 heterocycles. The minimum absolute atomic E-state index is 0.399. The van der Waals surface area contributed by atoms with Crippen LogP contribution in [-0.4, -0.2) is 15.2 Å². The van der Waals surface area contributed by atoms with Crippen LogP contribution in [0.3, 0.4) is 0 Å². The lowest BCUT2D eigenvalue weighted by atomic mass is 10.0. The van der Waals surface area contributed by atoms with Crippen LogP contribution in [0.2, 0.25) is 0 Å². The number of hydrogen-bond acceptors (Lipinski definition) is 3. The zero-order valence-corrected chi connectivity index (χ0v) is 22.2. The molecule has 186 valence electrons. The molecule has 0 radical (unpaired) electrons. The number of fused-ring (bicyclic) bond motifs is 2. The number of para-hydroxylation sites is 2. The molecule has 5 aromatic rings. The maximum atomic E-state index is 9.35. The fourth-order valence-corrected chi connectivity index (χ4v) is 3.69. The highest BCUT2D eigenvalue weighted by molar-refractivity contribution is 5.92. The van der Waals surface area contributed by atoms with E-state index in [4.69, 9.17) is 0 Å². The van der Waals surface area contributed by atoms with Crippen LogP contribution in [0.5, 0.6) is 11.5 Å². The van der Waals surface area contributed by atoms with E-state index in [1.807, 2.05) is 74.5 Å². The van der Waals surface area contributed by atoms with E-state index in [2.05, 4.69) is 63.0 Å². The molecule has 5 rings (SSSR count). The SMILES string of the molecule is Cc1ccc(C(C)C)cc1O.Cc1ccc(C(C)C)cc1O.c1ccc2nc3ccccc3cc2c1. The van der Waals surface area contributed by atoms with Gasteiger partial charge in [0.15, 0.2) is 0 Å². The molecule has 0 aliphatic carbocycles. The second-order valence-electron chi connectivity index (χ2n) is 9.78. The lowest BCUT2D eigenvalue weighted by Gasteiger charge is -2.06. The van der Waals surface area contributed by atoms with E-state index >= 15 is 0 Å². The van der Waals surface area contributed by atoms with Crippen LogP contribution in [0.15, 0.2) is 91.0 Å². The molecule has 0 atom stereocenters. The first-order chi connectivity index (χ1) is 17.2. The molecule has 36 heavy (non-hydrogen) atoms. The third kappa shape index (κ3) is 7.08. The van der Waals surface area contributed by atoms with Crippen LogP contribution in [0.1, 0.15) is 61.8 Å². The number of aromatic nitrogens is 1. The van der Waals surface area contributed by atoms with Crippen molar-refractivity contribution in [3.8, 4) is 11.5 Å². The van der Waals surface area contributed by atoms with E-state index in [-0.39, 0.29) is 0 Å². The fourth-order valence-electron chi connectivity index (χ4n) is 3.69. The Hall–Kier alpha value is -3.85. The summed E-state index contributed by atoms with van der Waals surface area (Å²) >= 11 is 0. The summed E-state index contributed by atoms with van der Waals surface area (Å²) in [5.74, 6) is 1.77. The van der Waals surface area contributed by atoms with Gasteiger partial charge in [-0.2, -0.15) is 0 Å². The standard InChI is InChI=1S/C13H9N.2C10H14O/c1-3-7-12-10(5-1)9-11-6-2-4-8-13(11)14-12;2*1-7(2)9-5-4-8(3)10(11)6-9/h1-9H;2*4-7,11H,1-3H3. The van der Waals surface area contributed by atoms with Crippen molar-refractivity contribution >= 4 is 21.8 Å². The zero-order valence-electron chi connectivity index (χ0n) is 22.2. The van der Waals surface area contributed by atoms with E-state index < -0.39 is 0 Å². The van der Waals surface area contributed by atoms with Gasteiger partial charge in [0.1, 0.15) is 11.5 Å². The van der Waals surface area contributed by atoms with Gasteiger partial charge in [0.2, 0.25) is 0 Å². The molecule has 0 saturated carbocycles. The second-order valence-corrected chi connectivity index (χ2v) is 9.78. The van der Waals surface area contributed by atoms with Gasteiger partial charge in [-0.1, -0.05) is 88.4 Å². The molecule has 3 nitrogen and oxygen atoms in total. The van der Waals surface area contributed by atoms with Crippen molar-refractivity contribution in [2.24, 2.45) is 0 Å². The molecule has 1 aromatic heterocycles. The Morgan fingerprint density at radius 3 is 1.28 bits per heavy atom. The van der Waals surface area contributed by atoms with Crippen molar-refractivity contribution in [2.75, 3.05) is 0 Å². The van der Waals surface area contributed by atoms with Gasteiger partial charge in [0, 0.05) is 10.8 Å². The topological polar surface area (TPSA) is 53.4 Å². The summed E-state index contributed by atoms with van der Waals surface area (Å²) in [5.41, 5.74) is 6.38. The lowest BCUT2D eigenvalue weighted by molar-refractivity contribution is 0.469. The van der Waals surface area contributed by atoms with Gasteiger partial charge in [-0.25, -0.2) is 4.98 Å². The van der Waals surface area contributed by atoms with E-state index in [1.165, 1.54) is 21.9 Å². The van der Waals surface area contributed by atoms with Gasteiger partial charge in [-0.3, -0.25) is 0 Å². The first-order valence-electron chi connectivity index (χ1n) is 12.5. The highest BCUT2D eigenvalue weighted by Crippen LogP contribution is 2.23. The predicted octanol–water partition coefficient (Wildman–Crippen LogP) is 9.04. The predicted molar refractivity (Wildman–Crippen MR) is 153 cm³/mol. The number of phenolic OH excluding ortho intramolecular Hbond substituents is 2. The molecule has 0 aliphatic rings. The molecule has 3 heteroatoms. The summed E-state index contributed by atoms with van der Waals surface area (Å²) in [5, 5.41) is 21.1. The summed E-state index contributed by atoms with van der Waals surface area (Å²) < 4.78 is 0. The van der Waals surface area contributed by atoms with Crippen LogP contribution in [0.25, 0.3) is 21.8 Å². The number of phenols is 2. The van der Waals surface area contributed by atoms with Gasteiger partial charge in [0.05, 0.1) is 11.0 Å². The van der Waals surface area contributed by atoms with E-state index in [9.17, 15) is 10.2 Å². The van der Waals surface area contributed by atoms with Crippen molar-refractivity contribution in [1.29, 1.82) is 0 Å². The minimum Gasteiger partial charge on any atom is -0.508 e. The van der Waals surface area contributed by atoms with Crippen LogP contribution in [0, 0.1) is 13.8 Å². The number of benzene rings is 4. The van der Waals surface area contributed by atoms with Crippen molar-refractivity contribution in [2.45, 2.75) is 53.4 Å². The smallest absolute Gasteiger partial charge is 0.118 e. The maximum Gasteiger partial charge on any atom is 0.118 e. The Kier molecular flexibility index (Phi) is 9.08. The Morgan fingerprint density at radius 2 is 0.917 bits per heavy atom. The number of nitrogens with zero attached hydrogens (tertiary/aromatic N) is 1. The van der Waals surface area contributed by atoms with Crippen molar-refractivity contribution < 1.29 is 10.2 Å². The third-order valence-electron chi connectivity index (χ3n) is 6.23. The number of hydrogen-bond donors (Lipinski definition) is 2. The van der Waals surface area contributed by atoms with Gasteiger partial charge < -0.3 is 10.2 Å². The summed E-state index contributed by atoms with van der Waals surface area (Å²) in [6.45, 7) is 12.3. The van der Waals surface area contributed by atoms with Gasteiger partial charge in [0.25, 0.3) is 0 Å². The van der Waals surface area contributed by atoms with Crippen LogP contribution in [-0.2, 0) is 0 Å². The van der Waals surface area contributed by atoms with Gasteiger partial charge in [-0.05, 0) is 78.3 Å². The van der Waals surface area contributed by atoms with Gasteiger partial charge >= 0.3 is 0 Å². The molecule has 0 saturated heterocycles. The lowest BCUT2D eigenvalue weighted by Crippen LogP contribution is -1.86. The second kappa shape index (κ2) is 12.2. The summed E-state index contributed by atoms with van der Waals surface area (Å²) in [7, 11) is 0. The van der Waals surface area contributed by atoms with Crippen LogP contribution >= 0.6 is 0 Å². The molecule has 0 fully saturated rings. The average molecular weight is 480 g/mol. The van der Waals surface area contributed by atoms with Crippen molar-refractivity contribution in [3.05, 3.63) is 113 Å². The number of pyridine rings is 1. The normalized spacial score (nSPS) is 10.7. The molecule has 0 aliphatic heterocycles. The first-order valence-corrected chi connectivity index (χ1v) is 12.5. The highest BCUT2D eigenvalue weighted by Gasteiger charge is 2.02. The van der Waals surface area contributed by atoms with E-state index in [1.54, 1.807) is 0 Å². The highest BCUT2D eigenvalue weighted by atomic mass is 16.3. The monoisotopic (exact) mass is 479 g/mol. The Balaban J connectivity index is 0.000000153. The third-order valence-corrected chi connectivity index (χ3v) is 6.23. The van der Waals surface area contributed by atoms with Crippen molar-refractivity contribution in [3.63, 3.8) is 0 Å². The molecule has 4 aromatic carbocycles. The van der Waals surface area contributed by atoms with Crippen molar-refractivity contribution in [1.82, 2.24) is 4.98 Å². The summed E-state index contributed by atoms with van der Waals surface area (Å²) in [6.07, 6.45) is 0. The van der Waals surface area contributed by atoms with Gasteiger partial charge in [-0.15, -0.1) is 0 Å². The molecular weight excluding hydrogens is 442 g/mol. The molecule has 0 amide bonds. The van der Waals surface area contributed by atoms with Crippen LogP contribution < -0.4 is 0 Å². The Morgan fingerprint density at radius 1 is 0.528 bits per heavy atom. The molecule has 2 N–H and O–H groups in total. The number of aryl methyl sites for hydroxylation is 2. The first kappa shape index (κ1) is 26.7. The summed E-state index contributed by atoms with van der Waals surface area (Å²) in [6, 6.07) is 30.2. The largest absolute Gasteiger partial charge is 0.508 e. The molecule has 0 spiro atoms. The summed E-state index contributed by atoms with van der Waals surface area (Å²) in [4.78, 5) is 4.58. The fraction of sp³-hybridized carbons (Fsp3) is 0.242. The van der Waals surface area contributed by atoms with E-state index in [0.717, 1.165) is 22.2 Å². The number of aromatic hydroxyl groups is 2. The zero-order chi connectivity index (χ0) is 26.2. The maximum absolute atomic E-state index is 9.35. The number of rotatable bonds is 2.